The van der Waals surface area contributed by atoms with Crippen LogP contribution in [0.25, 0.3) is 0 Å². The van der Waals surface area contributed by atoms with Crippen molar-refractivity contribution in [2.45, 2.75) is 45.6 Å². The molecule has 0 aromatic heterocycles. The van der Waals surface area contributed by atoms with E-state index in [0.29, 0.717) is 30.3 Å². The van der Waals surface area contributed by atoms with E-state index < -0.39 is 18.0 Å². The van der Waals surface area contributed by atoms with Crippen LogP contribution in [0.3, 0.4) is 0 Å². The molecule has 152 valence electrons. The number of carbonyl (C=O) groups excluding carboxylic acids is 3. The molecule has 2 aromatic carbocycles. The largest absolute Gasteiger partial charge is 0.449 e. The van der Waals surface area contributed by atoms with E-state index in [9.17, 15) is 14.4 Å². The summed E-state index contributed by atoms with van der Waals surface area (Å²) in [5, 5.41) is 2.76. The minimum Gasteiger partial charge on any atom is -0.449 e. The number of hydrogen-bond donors (Lipinski definition) is 1. The van der Waals surface area contributed by atoms with E-state index in [1.54, 1.807) is 29.2 Å². The Hall–Kier alpha value is -3.15. The van der Waals surface area contributed by atoms with Gasteiger partial charge in [-0.25, -0.2) is 4.79 Å². The molecule has 29 heavy (non-hydrogen) atoms. The van der Waals surface area contributed by atoms with Crippen LogP contribution in [0.4, 0.5) is 11.4 Å². The van der Waals surface area contributed by atoms with Crippen molar-refractivity contribution in [1.82, 2.24) is 0 Å². The van der Waals surface area contributed by atoms with Crippen LogP contribution in [-0.2, 0) is 14.3 Å². The molecule has 1 fully saturated rings. The first-order valence-corrected chi connectivity index (χ1v) is 9.88. The van der Waals surface area contributed by atoms with Crippen LogP contribution < -0.4 is 10.2 Å². The fraction of sp³-hybridized carbons (Fsp3) is 0.348. The Balaban J connectivity index is 1.66. The first-order chi connectivity index (χ1) is 13.9. The highest BCUT2D eigenvalue weighted by atomic mass is 16.5. The van der Waals surface area contributed by atoms with Gasteiger partial charge in [0.05, 0.1) is 11.3 Å². The minimum absolute atomic E-state index is 0.0131. The summed E-state index contributed by atoms with van der Waals surface area (Å²) in [5.74, 6) is -0.647. The zero-order valence-corrected chi connectivity index (χ0v) is 17.0. The lowest BCUT2D eigenvalue weighted by molar-refractivity contribution is -0.123. The summed E-state index contributed by atoms with van der Waals surface area (Å²) in [6.07, 6.45) is 0.253. The number of ether oxygens (including phenoxy) is 1. The fourth-order valence-electron chi connectivity index (χ4n) is 3.26. The molecule has 0 spiro atoms. The third-order valence-electron chi connectivity index (χ3n) is 4.99. The number of rotatable bonds is 6. The Morgan fingerprint density at radius 3 is 2.34 bits per heavy atom. The number of carbonyl (C=O) groups is 3. The molecule has 1 saturated heterocycles. The molecule has 6 heteroatoms. The van der Waals surface area contributed by atoms with Crippen LogP contribution >= 0.6 is 0 Å². The van der Waals surface area contributed by atoms with E-state index in [2.05, 4.69) is 19.2 Å². The number of nitrogens with zero attached hydrogens (tertiary/aromatic N) is 1. The Morgan fingerprint density at radius 2 is 1.72 bits per heavy atom. The van der Waals surface area contributed by atoms with Gasteiger partial charge in [-0.15, -0.1) is 0 Å². The average Bonchev–Trinajstić information content (AvgIpc) is 3.14. The molecule has 2 aromatic rings. The molecule has 1 aliphatic rings. The molecular weight excluding hydrogens is 368 g/mol. The number of anilines is 2. The topological polar surface area (TPSA) is 75.7 Å². The second-order valence-electron chi connectivity index (χ2n) is 7.48. The summed E-state index contributed by atoms with van der Waals surface area (Å²) in [6, 6.07) is 14.4. The highest BCUT2D eigenvalue weighted by molar-refractivity contribution is 6.04. The molecule has 1 atom stereocenters. The van der Waals surface area contributed by atoms with Crippen molar-refractivity contribution in [3.63, 3.8) is 0 Å². The SMILES string of the molecule is CC(C)c1ccc(NC(=O)[C@H](C)OC(=O)c2ccccc2N2CCCC2=O)cc1. The smallest absolute Gasteiger partial charge is 0.341 e. The lowest BCUT2D eigenvalue weighted by Crippen LogP contribution is -2.31. The van der Waals surface area contributed by atoms with Gasteiger partial charge in [0.2, 0.25) is 5.91 Å². The summed E-state index contributed by atoms with van der Waals surface area (Å²) in [6.45, 7) is 6.30. The number of amides is 2. The van der Waals surface area contributed by atoms with E-state index in [4.69, 9.17) is 4.74 Å². The van der Waals surface area contributed by atoms with E-state index >= 15 is 0 Å². The summed E-state index contributed by atoms with van der Waals surface area (Å²) >= 11 is 0. The summed E-state index contributed by atoms with van der Waals surface area (Å²) in [7, 11) is 0. The van der Waals surface area contributed by atoms with Crippen molar-refractivity contribution < 1.29 is 19.1 Å². The standard InChI is InChI=1S/C23H26N2O4/c1-15(2)17-10-12-18(13-11-17)24-22(27)16(3)29-23(28)19-7-4-5-8-20(19)25-14-6-9-21(25)26/h4-5,7-8,10-13,15-16H,6,9,14H2,1-3H3,(H,24,27)/t16-/m0/s1. The van der Waals surface area contributed by atoms with Gasteiger partial charge in [-0.1, -0.05) is 38.1 Å². The van der Waals surface area contributed by atoms with Crippen molar-refractivity contribution in [2.24, 2.45) is 0 Å². The van der Waals surface area contributed by atoms with Gasteiger partial charge in [-0.3, -0.25) is 9.59 Å². The second-order valence-corrected chi connectivity index (χ2v) is 7.48. The zero-order chi connectivity index (χ0) is 21.0. The number of nitrogens with one attached hydrogen (secondary N) is 1. The maximum Gasteiger partial charge on any atom is 0.341 e. The van der Waals surface area contributed by atoms with Crippen molar-refractivity contribution in [3.05, 3.63) is 59.7 Å². The third kappa shape index (κ3) is 4.83. The Morgan fingerprint density at radius 1 is 1.03 bits per heavy atom. The van der Waals surface area contributed by atoms with Gasteiger partial charge >= 0.3 is 5.97 Å². The van der Waals surface area contributed by atoms with E-state index in [1.165, 1.54) is 12.5 Å². The number of hydrogen-bond acceptors (Lipinski definition) is 4. The molecule has 6 nitrogen and oxygen atoms in total. The van der Waals surface area contributed by atoms with Crippen molar-refractivity contribution in [3.8, 4) is 0 Å². The Bertz CT molecular complexity index is 905. The normalized spacial score (nSPS) is 14.8. The van der Waals surface area contributed by atoms with Crippen LogP contribution in [0.2, 0.25) is 0 Å². The van der Waals surface area contributed by atoms with Crippen molar-refractivity contribution >= 4 is 29.2 Å². The lowest BCUT2D eigenvalue weighted by atomic mass is 10.0. The molecule has 0 bridgehead atoms. The van der Waals surface area contributed by atoms with E-state index in [0.717, 1.165) is 6.42 Å². The molecule has 2 amide bonds. The Labute approximate surface area is 170 Å². The highest BCUT2D eigenvalue weighted by Gasteiger charge is 2.27. The second kappa shape index (κ2) is 8.90. The minimum atomic E-state index is -0.977. The molecule has 0 unspecified atom stereocenters. The van der Waals surface area contributed by atoms with Crippen LogP contribution in [0, 0.1) is 0 Å². The van der Waals surface area contributed by atoms with E-state index in [1.807, 2.05) is 24.3 Å². The maximum absolute atomic E-state index is 12.7. The van der Waals surface area contributed by atoms with Crippen LogP contribution in [0.1, 0.15) is 55.5 Å². The van der Waals surface area contributed by atoms with Gasteiger partial charge in [0.1, 0.15) is 0 Å². The predicted molar refractivity (Wildman–Crippen MR) is 112 cm³/mol. The molecule has 0 saturated carbocycles. The third-order valence-corrected chi connectivity index (χ3v) is 4.99. The predicted octanol–water partition coefficient (Wildman–Crippen LogP) is 4.12. The number of esters is 1. The maximum atomic E-state index is 12.7. The summed E-state index contributed by atoms with van der Waals surface area (Å²) in [4.78, 5) is 38.8. The molecule has 0 radical (unpaired) electrons. The molecule has 1 heterocycles. The molecule has 0 aliphatic carbocycles. The monoisotopic (exact) mass is 394 g/mol. The van der Waals surface area contributed by atoms with Gasteiger partial charge in [0.15, 0.2) is 6.10 Å². The number of benzene rings is 2. The lowest BCUT2D eigenvalue weighted by Gasteiger charge is -2.20. The molecular formula is C23H26N2O4. The summed E-state index contributed by atoms with van der Waals surface area (Å²) < 4.78 is 5.38. The van der Waals surface area contributed by atoms with Crippen molar-refractivity contribution in [1.29, 1.82) is 0 Å². The first kappa shape index (κ1) is 20.6. The molecule has 1 aliphatic heterocycles. The summed E-state index contributed by atoms with van der Waals surface area (Å²) in [5.41, 5.74) is 2.63. The van der Waals surface area contributed by atoms with Crippen molar-refractivity contribution in [2.75, 3.05) is 16.8 Å². The Kier molecular flexibility index (Phi) is 6.32. The fourth-order valence-corrected chi connectivity index (χ4v) is 3.26. The van der Waals surface area contributed by atoms with Gasteiger partial charge in [-0.05, 0) is 49.1 Å². The van der Waals surface area contributed by atoms with Crippen LogP contribution in [0.5, 0.6) is 0 Å². The highest BCUT2D eigenvalue weighted by Crippen LogP contribution is 2.26. The molecule has 1 N–H and O–H groups in total. The molecule has 3 rings (SSSR count). The quantitative estimate of drug-likeness (QED) is 0.748. The average molecular weight is 394 g/mol. The van der Waals surface area contributed by atoms with Crippen LogP contribution in [-0.4, -0.2) is 30.4 Å². The first-order valence-electron chi connectivity index (χ1n) is 9.88. The number of para-hydroxylation sites is 1. The van der Waals surface area contributed by atoms with Gasteiger partial charge in [0, 0.05) is 18.7 Å². The van der Waals surface area contributed by atoms with Gasteiger partial charge in [0.25, 0.3) is 5.91 Å². The van der Waals surface area contributed by atoms with Crippen LogP contribution in [0.15, 0.2) is 48.5 Å². The van der Waals surface area contributed by atoms with Gasteiger partial charge in [-0.2, -0.15) is 0 Å². The van der Waals surface area contributed by atoms with E-state index in [-0.39, 0.29) is 11.5 Å². The van der Waals surface area contributed by atoms with Gasteiger partial charge < -0.3 is 15.0 Å². The zero-order valence-electron chi connectivity index (χ0n) is 17.0.